The molecule has 0 fully saturated rings. The number of nitrogens with one attached hydrogen (secondary N) is 3. The highest BCUT2D eigenvalue weighted by Crippen LogP contribution is 2.36. The van der Waals surface area contributed by atoms with Crippen molar-refractivity contribution in [2.75, 3.05) is 5.32 Å². The van der Waals surface area contributed by atoms with Gasteiger partial charge in [0.1, 0.15) is 17.0 Å². The van der Waals surface area contributed by atoms with Crippen molar-refractivity contribution in [1.29, 1.82) is 0 Å². The Morgan fingerprint density at radius 1 is 0.964 bits per heavy atom. The molecule has 0 radical (unpaired) electrons. The van der Waals surface area contributed by atoms with Crippen molar-refractivity contribution in [3.05, 3.63) is 69.4 Å². The van der Waals surface area contributed by atoms with E-state index < -0.39 is 11.9 Å². The van der Waals surface area contributed by atoms with Gasteiger partial charge in [-0.05, 0) is 38.1 Å². The van der Waals surface area contributed by atoms with Gasteiger partial charge in [0.15, 0.2) is 0 Å². The highest BCUT2D eigenvalue weighted by Gasteiger charge is 2.25. The van der Waals surface area contributed by atoms with Gasteiger partial charge in [-0.2, -0.15) is 0 Å². The number of halogens is 2. The average Bonchev–Trinajstić information content (AvgIpc) is 3.03. The third-order valence-electron chi connectivity index (χ3n) is 3.89. The van der Waals surface area contributed by atoms with E-state index in [9.17, 15) is 9.59 Å². The van der Waals surface area contributed by atoms with Crippen LogP contribution in [0.1, 0.15) is 21.7 Å². The minimum absolute atomic E-state index is 0.116. The van der Waals surface area contributed by atoms with Crippen LogP contribution in [0.2, 0.25) is 10.0 Å². The Morgan fingerprint density at radius 2 is 1.61 bits per heavy atom. The summed E-state index contributed by atoms with van der Waals surface area (Å²) in [5.41, 5.74) is 6.93. The molecule has 7 nitrogen and oxygen atoms in total. The molecule has 0 aliphatic heterocycles. The van der Waals surface area contributed by atoms with Crippen molar-refractivity contribution >= 4 is 40.8 Å². The highest BCUT2D eigenvalue weighted by molar-refractivity contribution is 6.39. The zero-order valence-electron chi connectivity index (χ0n) is 15.0. The topological polar surface area (TPSA) is 96.3 Å². The van der Waals surface area contributed by atoms with Crippen molar-refractivity contribution in [3.8, 4) is 11.3 Å². The van der Waals surface area contributed by atoms with Crippen molar-refractivity contribution < 1.29 is 14.1 Å². The number of carbonyl (C=O) groups excluding carboxylic acids is 2. The SMILES string of the molecule is Cc1ccc(NC(=O)NNC(=O)c2c(-c3c(Cl)cccc3Cl)noc2C)cc1. The molecule has 0 bridgehead atoms. The second-order valence-corrected chi connectivity index (χ2v) is 6.77. The molecule has 0 spiro atoms. The molecule has 1 aromatic heterocycles. The lowest BCUT2D eigenvalue weighted by molar-refractivity contribution is 0.0937. The monoisotopic (exact) mass is 418 g/mol. The predicted octanol–water partition coefficient (Wildman–Crippen LogP) is 4.73. The van der Waals surface area contributed by atoms with Crippen LogP contribution < -0.4 is 16.2 Å². The Bertz CT molecular complexity index is 1010. The summed E-state index contributed by atoms with van der Waals surface area (Å²) in [6, 6.07) is 11.5. The van der Waals surface area contributed by atoms with Crippen molar-refractivity contribution in [1.82, 2.24) is 16.0 Å². The number of amides is 3. The van der Waals surface area contributed by atoms with E-state index in [1.165, 1.54) is 0 Å². The fourth-order valence-corrected chi connectivity index (χ4v) is 3.09. The van der Waals surface area contributed by atoms with Gasteiger partial charge < -0.3 is 9.84 Å². The minimum Gasteiger partial charge on any atom is -0.360 e. The van der Waals surface area contributed by atoms with Crippen LogP contribution in [-0.2, 0) is 0 Å². The minimum atomic E-state index is -0.621. The van der Waals surface area contributed by atoms with Gasteiger partial charge in [0.05, 0.1) is 10.0 Å². The maximum Gasteiger partial charge on any atom is 0.337 e. The summed E-state index contributed by atoms with van der Waals surface area (Å²) in [7, 11) is 0. The van der Waals surface area contributed by atoms with E-state index in [1.807, 2.05) is 19.1 Å². The van der Waals surface area contributed by atoms with E-state index in [0.29, 0.717) is 21.3 Å². The molecular formula is C19H16Cl2N4O3. The molecule has 3 rings (SSSR count). The predicted molar refractivity (Wildman–Crippen MR) is 107 cm³/mol. The normalized spacial score (nSPS) is 10.4. The molecular weight excluding hydrogens is 403 g/mol. The molecule has 0 atom stereocenters. The lowest BCUT2D eigenvalue weighted by Crippen LogP contribution is -2.44. The van der Waals surface area contributed by atoms with Crippen LogP contribution in [0.25, 0.3) is 11.3 Å². The number of hydrogen-bond acceptors (Lipinski definition) is 4. The first kappa shape index (κ1) is 19.7. The number of hydrogen-bond donors (Lipinski definition) is 3. The van der Waals surface area contributed by atoms with Gasteiger partial charge >= 0.3 is 6.03 Å². The molecule has 9 heteroatoms. The van der Waals surface area contributed by atoms with Gasteiger partial charge in [-0.15, -0.1) is 0 Å². The van der Waals surface area contributed by atoms with Crippen LogP contribution in [0, 0.1) is 13.8 Å². The molecule has 2 aromatic carbocycles. The van der Waals surface area contributed by atoms with Crippen LogP contribution in [-0.4, -0.2) is 17.1 Å². The Kier molecular flexibility index (Phi) is 5.87. The van der Waals surface area contributed by atoms with Crippen LogP contribution >= 0.6 is 23.2 Å². The second-order valence-electron chi connectivity index (χ2n) is 5.96. The number of hydrazine groups is 1. The van der Waals surface area contributed by atoms with E-state index >= 15 is 0 Å². The van der Waals surface area contributed by atoms with Crippen molar-refractivity contribution in [2.45, 2.75) is 13.8 Å². The maximum atomic E-state index is 12.6. The van der Waals surface area contributed by atoms with Crippen molar-refractivity contribution in [2.24, 2.45) is 0 Å². The van der Waals surface area contributed by atoms with Crippen LogP contribution in [0.5, 0.6) is 0 Å². The summed E-state index contributed by atoms with van der Waals surface area (Å²) in [6.07, 6.45) is 0. The molecule has 0 saturated heterocycles. The lowest BCUT2D eigenvalue weighted by Gasteiger charge is -2.10. The zero-order valence-corrected chi connectivity index (χ0v) is 16.5. The summed E-state index contributed by atoms with van der Waals surface area (Å²) in [5.74, 6) is -0.368. The van der Waals surface area contributed by atoms with Crippen LogP contribution in [0.4, 0.5) is 10.5 Å². The van der Waals surface area contributed by atoms with Crippen LogP contribution in [0.3, 0.4) is 0 Å². The van der Waals surface area contributed by atoms with Gasteiger partial charge in [-0.1, -0.05) is 52.1 Å². The van der Waals surface area contributed by atoms with Gasteiger partial charge in [0.25, 0.3) is 5.91 Å². The molecule has 0 unspecified atom stereocenters. The number of urea groups is 1. The molecule has 0 saturated carbocycles. The quantitative estimate of drug-likeness (QED) is 0.535. The Morgan fingerprint density at radius 3 is 2.25 bits per heavy atom. The molecule has 28 heavy (non-hydrogen) atoms. The van der Waals surface area contributed by atoms with Crippen molar-refractivity contribution in [3.63, 3.8) is 0 Å². The molecule has 3 amide bonds. The van der Waals surface area contributed by atoms with Gasteiger partial charge in [-0.3, -0.25) is 10.2 Å². The third-order valence-corrected chi connectivity index (χ3v) is 4.52. The zero-order chi connectivity index (χ0) is 20.3. The van der Waals surface area contributed by atoms with E-state index in [0.717, 1.165) is 5.56 Å². The number of carbonyl (C=O) groups is 2. The number of anilines is 1. The first-order chi connectivity index (χ1) is 13.4. The summed E-state index contributed by atoms with van der Waals surface area (Å²) < 4.78 is 5.14. The summed E-state index contributed by atoms with van der Waals surface area (Å²) in [5, 5.41) is 7.14. The Balaban J connectivity index is 1.74. The molecule has 144 valence electrons. The number of nitrogens with zero attached hydrogens (tertiary/aromatic N) is 1. The first-order valence-electron chi connectivity index (χ1n) is 8.21. The molecule has 1 heterocycles. The number of aromatic nitrogens is 1. The fourth-order valence-electron chi connectivity index (χ4n) is 2.51. The number of benzene rings is 2. The lowest BCUT2D eigenvalue weighted by atomic mass is 10.1. The first-order valence-corrected chi connectivity index (χ1v) is 8.97. The van der Waals surface area contributed by atoms with E-state index in [4.69, 9.17) is 27.7 Å². The summed E-state index contributed by atoms with van der Waals surface area (Å²) >= 11 is 12.4. The number of rotatable bonds is 3. The van der Waals surface area contributed by atoms with E-state index in [2.05, 4.69) is 21.3 Å². The van der Waals surface area contributed by atoms with E-state index in [1.54, 1.807) is 37.3 Å². The Hall–Kier alpha value is -3.03. The van der Waals surface area contributed by atoms with Gasteiger partial charge in [-0.25, -0.2) is 10.2 Å². The van der Waals surface area contributed by atoms with Gasteiger partial charge in [0, 0.05) is 11.3 Å². The standard InChI is InChI=1S/C19H16Cl2N4O3/c1-10-6-8-12(9-7-10)22-19(27)24-23-18(26)15-11(2)28-25-17(15)16-13(20)4-3-5-14(16)21/h3-9H,1-2H3,(H,23,26)(H2,22,24,27). The summed E-state index contributed by atoms with van der Waals surface area (Å²) in [6.45, 7) is 3.51. The second kappa shape index (κ2) is 8.33. The fraction of sp³-hybridized carbons (Fsp3) is 0.105. The average molecular weight is 419 g/mol. The molecule has 3 aromatic rings. The van der Waals surface area contributed by atoms with E-state index in [-0.39, 0.29) is 17.0 Å². The van der Waals surface area contributed by atoms with Crippen LogP contribution in [0.15, 0.2) is 47.0 Å². The smallest absolute Gasteiger partial charge is 0.337 e. The maximum absolute atomic E-state index is 12.6. The number of aryl methyl sites for hydroxylation is 2. The Labute approximate surface area is 171 Å². The molecule has 0 aliphatic carbocycles. The highest BCUT2D eigenvalue weighted by atomic mass is 35.5. The largest absolute Gasteiger partial charge is 0.360 e. The third kappa shape index (κ3) is 4.27. The summed E-state index contributed by atoms with van der Waals surface area (Å²) in [4.78, 5) is 24.6. The molecule has 3 N–H and O–H groups in total. The van der Waals surface area contributed by atoms with Gasteiger partial charge in [0.2, 0.25) is 0 Å². The molecule has 0 aliphatic rings.